The van der Waals surface area contributed by atoms with Crippen molar-refractivity contribution >= 4 is 11.6 Å². The molecule has 0 amide bonds. The Morgan fingerprint density at radius 3 is 2.66 bits per heavy atom. The zero-order valence-electron chi connectivity index (χ0n) is 16.1. The Hall–Kier alpha value is -3.09. The number of alkyl halides is 2. The number of aryl methyl sites for hydroxylation is 1. The predicted octanol–water partition coefficient (Wildman–Crippen LogP) is 3.85. The van der Waals surface area contributed by atoms with Crippen LogP contribution in [0.4, 0.5) is 20.4 Å². The largest absolute Gasteiger partial charge is 0.352 e. The molecule has 0 fully saturated rings. The summed E-state index contributed by atoms with van der Waals surface area (Å²) < 4.78 is 29.7. The summed E-state index contributed by atoms with van der Waals surface area (Å²) in [6, 6.07) is 10.8. The molecule has 0 N–H and O–H groups in total. The average Bonchev–Trinajstić information content (AvgIpc) is 2.73. The van der Waals surface area contributed by atoms with E-state index in [-0.39, 0.29) is 12.1 Å². The van der Waals surface area contributed by atoms with Crippen LogP contribution in [0, 0.1) is 6.92 Å². The van der Waals surface area contributed by atoms with Crippen molar-refractivity contribution in [3.8, 4) is 0 Å². The van der Waals surface area contributed by atoms with E-state index in [2.05, 4.69) is 19.9 Å². The Morgan fingerprint density at radius 2 is 1.83 bits per heavy atom. The lowest BCUT2D eigenvalue weighted by Crippen LogP contribution is -2.42. The number of nitrogens with zero attached hydrogens (tertiary/aromatic N) is 5. The third-order valence-corrected chi connectivity index (χ3v) is 5.66. The maximum atomic E-state index is 14.8. The van der Waals surface area contributed by atoms with Crippen molar-refractivity contribution in [1.29, 1.82) is 0 Å². The first kappa shape index (κ1) is 18.0. The topological polar surface area (TPSA) is 45.2 Å². The van der Waals surface area contributed by atoms with Crippen LogP contribution in [0.15, 0.2) is 48.9 Å². The molecule has 0 bridgehead atoms. The highest BCUT2D eigenvalue weighted by molar-refractivity contribution is 5.56. The van der Waals surface area contributed by atoms with Gasteiger partial charge in [0.1, 0.15) is 18.0 Å². The SMILES string of the molecule is Cc1ccc(N2CCc3ncnc(N4Cc5ccccc5C(F)(F)C4)c3C2)nc1. The van der Waals surface area contributed by atoms with Crippen LogP contribution in [0.1, 0.15) is 27.9 Å². The summed E-state index contributed by atoms with van der Waals surface area (Å²) in [6.07, 6.45) is 4.07. The highest BCUT2D eigenvalue weighted by Crippen LogP contribution is 2.39. The summed E-state index contributed by atoms with van der Waals surface area (Å²) in [6.45, 7) is 3.39. The molecule has 5 rings (SSSR count). The molecule has 0 aliphatic carbocycles. The highest BCUT2D eigenvalue weighted by atomic mass is 19.3. The monoisotopic (exact) mass is 393 g/mol. The Balaban J connectivity index is 1.50. The molecule has 7 heteroatoms. The number of pyridine rings is 1. The van der Waals surface area contributed by atoms with Gasteiger partial charge in [-0.15, -0.1) is 0 Å². The molecular weight excluding hydrogens is 372 g/mol. The maximum absolute atomic E-state index is 14.8. The normalized spacial score (nSPS) is 17.6. The van der Waals surface area contributed by atoms with Gasteiger partial charge in [-0.1, -0.05) is 30.3 Å². The van der Waals surface area contributed by atoms with Crippen LogP contribution in [-0.4, -0.2) is 28.0 Å². The average molecular weight is 393 g/mol. The van der Waals surface area contributed by atoms with E-state index in [1.165, 1.54) is 12.4 Å². The molecule has 29 heavy (non-hydrogen) atoms. The molecular formula is C22H21F2N5. The van der Waals surface area contributed by atoms with E-state index in [1.807, 2.05) is 25.3 Å². The molecule has 0 unspecified atom stereocenters. The molecule has 3 aromatic rings. The molecule has 2 aliphatic rings. The second-order valence-corrected chi connectivity index (χ2v) is 7.71. The Kier molecular flexibility index (Phi) is 4.19. The van der Waals surface area contributed by atoms with Gasteiger partial charge in [0.25, 0.3) is 5.92 Å². The van der Waals surface area contributed by atoms with Crippen LogP contribution >= 0.6 is 0 Å². The third-order valence-electron chi connectivity index (χ3n) is 5.66. The standard InChI is InChI=1S/C22H21F2N5/c1-15-6-7-20(25-10-15)28-9-8-19-17(12-28)21(27-14-26-19)29-11-16-4-2-3-5-18(16)22(23,24)13-29/h2-7,10,14H,8-9,11-13H2,1H3. The molecule has 4 heterocycles. The minimum atomic E-state index is -2.92. The summed E-state index contributed by atoms with van der Waals surface area (Å²) in [5, 5.41) is 0. The van der Waals surface area contributed by atoms with Gasteiger partial charge in [-0.3, -0.25) is 0 Å². The van der Waals surface area contributed by atoms with E-state index in [0.29, 0.717) is 24.5 Å². The molecule has 0 saturated carbocycles. The molecule has 0 saturated heterocycles. The van der Waals surface area contributed by atoms with Gasteiger partial charge in [0.2, 0.25) is 0 Å². The van der Waals surface area contributed by atoms with Crippen molar-refractivity contribution in [3.05, 3.63) is 76.9 Å². The molecule has 2 aliphatic heterocycles. The first-order valence-electron chi connectivity index (χ1n) is 9.73. The third kappa shape index (κ3) is 3.20. The Labute approximate surface area is 168 Å². The van der Waals surface area contributed by atoms with Gasteiger partial charge in [0.05, 0.1) is 12.2 Å². The Morgan fingerprint density at radius 1 is 0.966 bits per heavy atom. The minimum absolute atomic E-state index is 0.115. The molecule has 1 aromatic carbocycles. The first-order chi connectivity index (χ1) is 14.0. The van der Waals surface area contributed by atoms with Gasteiger partial charge in [0.15, 0.2) is 0 Å². The number of rotatable bonds is 2. The lowest BCUT2D eigenvalue weighted by Gasteiger charge is -2.38. The number of hydrogen-bond acceptors (Lipinski definition) is 5. The van der Waals surface area contributed by atoms with Gasteiger partial charge >= 0.3 is 0 Å². The number of halogens is 2. The molecule has 0 atom stereocenters. The predicted molar refractivity (Wildman–Crippen MR) is 107 cm³/mol. The molecule has 0 spiro atoms. The molecule has 2 aromatic heterocycles. The van der Waals surface area contributed by atoms with Crippen LogP contribution in [0.2, 0.25) is 0 Å². The zero-order valence-corrected chi connectivity index (χ0v) is 16.1. The van der Waals surface area contributed by atoms with E-state index in [0.717, 1.165) is 35.6 Å². The van der Waals surface area contributed by atoms with Crippen molar-refractivity contribution in [3.63, 3.8) is 0 Å². The van der Waals surface area contributed by atoms with Crippen LogP contribution in [0.25, 0.3) is 0 Å². The number of anilines is 2. The summed E-state index contributed by atoms with van der Waals surface area (Å²) in [5.74, 6) is -1.44. The number of aromatic nitrogens is 3. The number of hydrogen-bond donors (Lipinski definition) is 0. The fourth-order valence-corrected chi connectivity index (χ4v) is 4.19. The summed E-state index contributed by atoms with van der Waals surface area (Å²) in [4.78, 5) is 17.2. The number of fused-ring (bicyclic) bond motifs is 2. The summed E-state index contributed by atoms with van der Waals surface area (Å²) >= 11 is 0. The van der Waals surface area contributed by atoms with E-state index in [1.54, 1.807) is 23.1 Å². The van der Waals surface area contributed by atoms with E-state index in [4.69, 9.17) is 0 Å². The van der Waals surface area contributed by atoms with Gasteiger partial charge in [0, 0.05) is 43.4 Å². The zero-order chi connectivity index (χ0) is 20.0. The van der Waals surface area contributed by atoms with Crippen molar-refractivity contribution in [1.82, 2.24) is 15.0 Å². The molecule has 5 nitrogen and oxygen atoms in total. The van der Waals surface area contributed by atoms with Crippen molar-refractivity contribution in [2.24, 2.45) is 0 Å². The highest BCUT2D eigenvalue weighted by Gasteiger charge is 2.41. The molecule has 148 valence electrons. The van der Waals surface area contributed by atoms with Crippen molar-refractivity contribution in [2.75, 3.05) is 22.9 Å². The fourth-order valence-electron chi connectivity index (χ4n) is 4.19. The Bertz CT molecular complexity index is 1050. The lowest BCUT2D eigenvalue weighted by atomic mass is 9.95. The van der Waals surface area contributed by atoms with Gasteiger partial charge < -0.3 is 9.80 Å². The van der Waals surface area contributed by atoms with Gasteiger partial charge in [-0.25, -0.2) is 15.0 Å². The van der Waals surface area contributed by atoms with Crippen LogP contribution in [-0.2, 0) is 25.4 Å². The van der Waals surface area contributed by atoms with Crippen molar-refractivity contribution in [2.45, 2.75) is 32.4 Å². The smallest absolute Gasteiger partial charge is 0.290 e. The second kappa shape index (κ2) is 6.76. The number of benzene rings is 1. The van der Waals surface area contributed by atoms with Crippen LogP contribution < -0.4 is 9.80 Å². The van der Waals surface area contributed by atoms with E-state index in [9.17, 15) is 8.78 Å². The summed E-state index contributed by atoms with van der Waals surface area (Å²) in [5.41, 5.74) is 3.70. The van der Waals surface area contributed by atoms with Crippen LogP contribution in [0.3, 0.4) is 0 Å². The molecule has 0 radical (unpaired) electrons. The van der Waals surface area contributed by atoms with Gasteiger partial charge in [-0.05, 0) is 24.1 Å². The van der Waals surface area contributed by atoms with Crippen molar-refractivity contribution < 1.29 is 8.78 Å². The van der Waals surface area contributed by atoms with E-state index < -0.39 is 5.92 Å². The maximum Gasteiger partial charge on any atom is 0.290 e. The van der Waals surface area contributed by atoms with Gasteiger partial charge in [-0.2, -0.15) is 8.78 Å². The summed E-state index contributed by atoms with van der Waals surface area (Å²) in [7, 11) is 0. The first-order valence-corrected chi connectivity index (χ1v) is 9.73. The minimum Gasteiger partial charge on any atom is -0.352 e. The second-order valence-electron chi connectivity index (χ2n) is 7.71. The fraction of sp³-hybridized carbons (Fsp3) is 0.318. The van der Waals surface area contributed by atoms with Crippen LogP contribution in [0.5, 0.6) is 0 Å². The lowest BCUT2D eigenvalue weighted by molar-refractivity contribution is -0.00267. The quantitative estimate of drug-likeness (QED) is 0.662. The van der Waals surface area contributed by atoms with E-state index >= 15 is 0 Å².